The quantitative estimate of drug-likeness (QED) is 0.146. The molecule has 0 spiro atoms. The molecule has 0 saturated heterocycles. The van der Waals surface area contributed by atoms with Crippen molar-refractivity contribution in [2.75, 3.05) is 0 Å². The van der Waals surface area contributed by atoms with Gasteiger partial charge in [-0.05, 0) is 84.4 Å². The molecule has 0 fully saturated rings. The van der Waals surface area contributed by atoms with Crippen LogP contribution in [0.1, 0.15) is 66.1 Å². The summed E-state index contributed by atoms with van der Waals surface area (Å²) >= 11 is 0. The van der Waals surface area contributed by atoms with Crippen molar-refractivity contribution in [2.45, 2.75) is 70.9 Å². The van der Waals surface area contributed by atoms with Crippen LogP contribution in [0, 0.1) is 5.82 Å². The second kappa shape index (κ2) is 12.4. The predicted octanol–water partition coefficient (Wildman–Crippen LogP) is 9.09. The molecule has 0 bridgehead atoms. The first-order valence-corrected chi connectivity index (χ1v) is 13.1. The van der Waals surface area contributed by atoms with Crippen LogP contribution in [0.4, 0.5) is 17.6 Å². The lowest BCUT2D eigenvalue weighted by Gasteiger charge is -2.10. The SMILES string of the molecule is CCCCCCc1ccc(CCc2ccc3c(F)c(CCc4ccc(C(F)(F)F)cc4)ccc3c2)nc1. The first kappa shape index (κ1) is 26.8. The number of hydrogen-bond acceptors (Lipinski definition) is 1. The molecular formula is C32H33F4N. The molecule has 3 aromatic carbocycles. The van der Waals surface area contributed by atoms with Crippen molar-refractivity contribution in [2.24, 2.45) is 0 Å². The van der Waals surface area contributed by atoms with Crippen LogP contribution in [0.15, 0.2) is 72.9 Å². The molecular weight excluding hydrogens is 474 g/mol. The van der Waals surface area contributed by atoms with Crippen molar-refractivity contribution >= 4 is 10.8 Å². The molecule has 1 heterocycles. The molecule has 194 valence electrons. The number of benzene rings is 3. The number of nitrogens with zero attached hydrogens (tertiary/aromatic N) is 1. The monoisotopic (exact) mass is 507 g/mol. The number of halogens is 4. The maximum absolute atomic E-state index is 15.2. The average molecular weight is 508 g/mol. The smallest absolute Gasteiger partial charge is 0.261 e. The lowest BCUT2D eigenvalue weighted by Crippen LogP contribution is -2.04. The summed E-state index contributed by atoms with van der Waals surface area (Å²) < 4.78 is 53.4. The number of hydrogen-bond donors (Lipinski definition) is 0. The van der Waals surface area contributed by atoms with E-state index >= 15 is 4.39 Å². The van der Waals surface area contributed by atoms with E-state index < -0.39 is 11.7 Å². The summed E-state index contributed by atoms with van der Waals surface area (Å²) in [7, 11) is 0. The Balaban J connectivity index is 1.34. The number of unbranched alkanes of at least 4 members (excludes halogenated alkanes) is 3. The van der Waals surface area contributed by atoms with Crippen LogP contribution in [0.3, 0.4) is 0 Å². The third-order valence-electron chi connectivity index (χ3n) is 6.94. The Kier molecular flexibility index (Phi) is 8.96. The van der Waals surface area contributed by atoms with E-state index in [1.54, 1.807) is 6.07 Å². The fraction of sp³-hybridized carbons (Fsp3) is 0.344. The van der Waals surface area contributed by atoms with Gasteiger partial charge in [0.05, 0.1) is 5.56 Å². The lowest BCUT2D eigenvalue weighted by molar-refractivity contribution is -0.137. The normalized spacial score (nSPS) is 11.8. The Morgan fingerprint density at radius 3 is 2.11 bits per heavy atom. The summed E-state index contributed by atoms with van der Waals surface area (Å²) in [5, 5.41) is 1.42. The molecule has 4 aromatic rings. The Labute approximate surface area is 216 Å². The maximum Gasteiger partial charge on any atom is 0.416 e. The molecule has 0 amide bonds. The van der Waals surface area contributed by atoms with Gasteiger partial charge < -0.3 is 0 Å². The Morgan fingerprint density at radius 1 is 0.676 bits per heavy atom. The Bertz CT molecular complexity index is 1290. The molecule has 0 aliphatic rings. The molecule has 0 aliphatic heterocycles. The number of alkyl halides is 3. The van der Waals surface area contributed by atoms with E-state index in [1.807, 2.05) is 30.5 Å². The third-order valence-corrected chi connectivity index (χ3v) is 6.94. The highest BCUT2D eigenvalue weighted by atomic mass is 19.4. The second-order valence-electron chi connectivity index (χ2n) is 9.76. The maximum atomic E-state index is 15.2. The topological polar surface area (TPSA) is 12.9 Å². The lowest BCUT2D eigenvalue weighted by atomic mass is 9.97. The molecule has 1 aromatic heterocycles. The first-order chi connectivity index (χ1) is 17.8. The van der Waals surface area contributed by atoms with E-state index in [2.05, 4.69) is 24.0 Å². The second-order valence-corrected chi connectivity index (χ2v) is 9.76. The zero-order valence-corrected chi connectivity index (χ0v) is 21.3. The van der Waals surface area contributed by atoms with Crippen LogP contribution in [-0.2, 0) is 38.3 Å². The van der Waals surface area contributed by atoms with Gasteiger partial charge in [0.25, 0.3) is 0 Å². The van der Waals surface area contributed by atoms with Crippen molar-refractivity contribution < 1.29 is 17.6 Å². The highest BCUT2D eigenvalue weighted by molar-refractivity contribution is 5.84. The van der Waals surface area contributed by atoms with Crippen LogP contribution >= 0.6 is 0 Å². The van der Waals surface area contributed by atoms with Crippen LogP contribution in [-0.4, -0.2) is 4.98 Å². The molecule has 37 heavy (non-hydrogen) atoms. The van der Waals surface area contributed by atoms with Gasteiger partial charge in [-0.25, -0.2) is 4.39 Å². The summed E-state index contributed by atoms with van der Waals surface area (Å²) in [6.07, 6.45) is 6.27. The van der Waals surface area contributed by atoms with Gasteiger partial charge >= 0.3 is 6.18 Å². The third kappa shape index (κ3) is 7.41. The van der Waals surface area contributed by atoms with E-state index in [0.717, 1.165) is 53.6 Å². The van der Waals surface area contributed by atoms with Crippen LogP contribution in [0.25, 0.3) is 10.8 Å². The van der Waals surface area contributed by atoms with E-state index in [9.17, 15) is 13.2 Å². The first-order valence-electron chi connectivity index (χ1n) is 13.1. The van der Waals surface area contributed by atoms with Gasteiger partial charge in [0.15, 0.2) is 0 Å². The molecule has 4 rings (SSSR count). The number of aryl methyl sites for hydroxylation is 5. The van der Waals surface area contributed by atoms with Crippen LogP contribution in [0.2, 0.25) is 0 Å². The van der Waals surface area contributed by atoms with Crippen molar-refractivity contribution in [3.05, 3.63) is 112 Å². The van der Waals surface area contributed by atoms with Gasteiger partial charge in [0, 0.05) is 17.3 Å². The number of aromatic nitrogens is 1. The van der Waals surface area contributed by atoms with E-state index in [4.69, 9.17) is 0 Å². The van der Waals surface area contributed by atoms with Gasteiger partial charge in [-0.15, -0.1) is 0 Å². The molecule has 0 aliphatic carbocycles. The fourth-order valence-electron chi connectivity index (χ4n) is 4.65. The van der Waals surface area contributed by atoms with Gasteiger partial charge in [-0.3, -0.25) is 4.98 Å². The zero-order valence-electron chi connectivity index (χ0n) is 21.3. The molecule has 5 heteroatoms. The van der Waals surface area contributed by atoms with Crippen LogP contribution < -0.4 is 0 Å². The minimum absolute atomic E-state index is 0.257. The van der Waals surface area contributed by atoms with Gasteiger partial charge in [0.2, 0.25) is 0 Å². The van der Waals surface area contributed by atoms with Crippen molar-refractivity contribution in [3.8, 4) is 0 Å². The van der Waals surface area contributed by atoms with E-state index in [-0.39, 0.29) is 5.82 Å². The molecule has 0 unspecified atom stereocenters. The summed E-state index contributed by atoms with van der Waals surface area (Å²) in [5.41, 5.74) is 4.13. The largest absolute Gasteiger partial charge is 0.416 e. The highest BCUT2D eigenvalue weighted by Gasteiger charge is 2.29. The van der Waals surface area contributed by atoms with Crippen molar-refractivity contribution in [3.63, 3.8) is 0 Å². The summed E-state index contributed by atoms with van der Waals surface area (Å²) in [5.74, 6) is -0.257. The highest BCUT2D eigenvalue weighted by Crippen LogP contribution is 2.29. The zero-order chi connectivity index (χ0) is 26.3. The summed E-state index contributed by atoms with van der Waals surface area (Å²) in [6, 6.07) is 18.9. The van der Waals surface area contributed by atoms with Crippen LogP contribution in [0.5, 0.6) is 0 Å². The minimum atomic E-state index is -4.35. The fourth-order valence-corrected chi connectivity index (χ4v) is 4.65. The number of pyridine rings is 1. The predicted molar refractivity (Wildman–Crippen MR) is 142 cm³/mol. The molecule has 0 N–H and O–H groups in total. The van der Waals surface area contributed by atoms with Gasteiger partial charge in [-0.1, -0.05) is 74.7 Å². The summed E-state index contributed by atoms with van der Waals surface area (Å²) in [4.78, 5) is 4.63. The molecule has 0 saturated carbocycles. The van der Waals surface area contributed by atoms with Crippen molar-refractivity contribution in [1.82, 2.24) is 4.98 Å². The van der Waals surface area contributed by atoms with E-state index in [0.29, 0.717) is 23.8 Å². The number of fused-ring (bicyclic) bond motifs is 1. The van der Waals surface area contributed by atoms with Gasteiger partial charge in [-0.2, -0.15) is 13.2 Å². The molecule has 0 radical (unpaired) electrons. The molecule has 1 nitrogen and oxygen atoms in total. The summed E-state index contributed by atoms with van der Waals surface area (Å²) in [6.45, 7) is 2.22. The van der Waals surface area contributed by atoms with Gasteiger partial charge in [0.1, 0.15) is 5.82 Å². The van der Waals surface area contributed by atoms with Crippen molar-refractivity contribution in [1.29, 1.82) is 0 Å². The Hall–Kier alpha value is -3.21. The minimum Gasteiger partial charge on any atom is -0.261 e. The standard InChI is InChI=1S/C32H33F4N/c1-2-3-4-5-6-25-11-19-29(37-22-25)18-10-24-12-20-30-27(21-24)15-14-26(31(30)33)13-7-23-8-16-28(17-9-23)32(34,35)36/h8-9,11-12,14-17,19-22H,2-7,10,13,18H2,1H3. The molecule has 0 atom stereocenters. The number of rotatable bonds is 11. The Morgan fingerprint density at radius 2 is 1.41 bits per heavy atom. The average Bonchev–Trinajstić information content (AvgIpc) is 2.90. The van der Waals surface area contributed by atoms with E-state index in [1.165, 1.54) is 43.4 Å².